The van der Waals surface area contributed by atoms with Gasteiger partial charge in [-0.3, -0.25) is 24.1 Å². The van der Waals surface area contributed by atoms with Crippen molar-refractivity contribution in [3.8, 4) is 11.5 Å². The summed E-state index contributed by atoms with van der Waals surface area (Å²) in [5, 5.41) is 57.5. The third-order valence-electron chi connectivity index (χ3n) is 9.41. The predicted molar refractivity (Wildman–Crippen MR) is 190 cm³/mol. The molecule has 2 aromatic heterocycles. The molecular formula is C32H32ClN7O12S2. The van der Waals surface area contributed by atoms with E-state index in [4.69, 9.17) is 27.3 Å². The fourth-order valence-electron chi connectivity index (χ4n) is 6.94. The third kappa shape index (κ3) is 7.13. The van der Waals surface area contributed by atoms with Crippen LogP contribution in [0.5, 0.6) is 11.5 Å². The van der Waals surface area contributed by atoms with Gasteiger partial charge in [0.25, 0.3) is 11.8 Å². The number of hydrogen-bond acceptors (Lipinski definition) is 15. The number of carboxylic acid groups (broad SMARTS) is 3. The van der Waals surface area contributed by atoms with Gasteiger partial charge in [-0.2, -0.15) is 0 Å². The molecule has 0 saturated carbocycles. The summed E-state index contributed by atoms with van der Waals surface area (Å²) in [5.74, 6) is -7.59. The Kier molecular flexibility index (Phi) is 10.5. The molecule has 19 nitrogen and oxygen atoms in total. The number of carbonyl (C=O) groups excluding carboxylic acids is 3. The number of β-lactam (4-membered cyclic amide) rings is 1. The first-order chi connectivity index (χ1) is 25.5. The van der Waals surface area contributed by atoms with Crippen molar-refractivity contribution < 1.29 is 58.8 Å². The van der Waals surface area contributed by atoms with Crippen LogP contribution in [0.1, 0.15) is 30.5 Å². The van der Waals surface area contributed by atoms with E-state index >= 15 is 0 Å². The number of aryl methyl sites for hydroxylation is 1. The number of carbonyl (C=O) groups is 5. The summed E-state index contributed by atoms with van der Waals surface area (Å²) < 4.78 is 1.88. The fourth-order valence-corrected chi connectivity index (χ4v) is 9.10. The van der Waals surface area contributed by atoms with Crippen LogP contribution in [0.2, 0.25) is 5.02 Å². The highest BCUT2D eigenvalue weighted by Crippen LogP contribution is 2.42. The van der Waals surface area contributed by atoms with Gasteiger partial charge in [0.2, 0.25) is 6.10 Å². The minimum absolute atomic E-state index is 0.0126. The number of aromatic nitrogens is 2. The topological polar surface area (TPSA) is 287 Å². The van der Waals surface area contributed by atoms with Crippen molar-refractivity contribution in [1.82, 2.24) is 19.8 Å². The molecule has 0 bridgehead atoms. The number of carboxylic acids is 3. The van der Waals surface area contributed by atoms with Gasteiger partial charge in [-0.1, -0.05) is 16.8 Å². The average Bonchev–Trinajstić information content (AvgIpc) is 3.76. The lowest BCUT2D eigenvalue weighted by Crippen LogP contribution is -2.71. The van der Waals surface area contributed by atoms with Gasteiger partial charge in [0.1, 0.15) is 30.2 Å². The van der Waals surface area contributed by atoms with Crippen LogP contribution in [-0.4, -0.2) is 118 Å². The first-order valence-electron chi connectivity index (χ1n) is 16.2. The van der Waals surface area contributed by atoms with Crippen molar-refractivity contribution in [2.24, 2.45) is 12.2 Å². The monoisotopic (exact) mass is 805 g/mol. The second-order valence-corrected chi connectivity index (χ2v) is 15.4. The SMILES string of the molecule is Cn1cc(C[N+]2(CC3=C(C(=O)[O-])N4C(=O)[C@@H](NC(=O)/C(=N\O[C@@H](CC(=O)O)C(=O)O)c5csc(N)n5)[C@H]4SC3)CCCC2)c(=O)c2c(Cl)c(O)c(O)cc21. The number of fused-ring (bicyclic) bond motifs is 2. The number of nitrogen functional groups attached to an aromatic ring is 1. The van der Waals surface area contributed by atoms with Gasteiger partial charge in [0.15, 0.2) is 27.8 Å². The highest BCUT2D eigenvalue weighted by molar-refractivity contribution is 8.00. The number of benzene rings is 1. The molecule has 2 saturated heterocycles. The number of nitrogens with two attached hydrogens (primary N) is 1. The van der Waals surface area contributed by atoms with Gasteiger partial charge in [0, 0.05) is 48.9 Å². The number of nitrogens with one attached hydrogen (secondary N) is 1. The molecule has 1 aromatic carbocycles. The van der Waals surface area contributed by atoms with Crippen LogP contribution < -0.4 is 21.6 Å². The first kappa shape index (κ1) is 38.3. The molecule has 3 atom stereocenters. The minimum Gasteiger partial charge on any atom is -0.543 e. The molecule has 22 heteroatoms. The maximum absolute atomic E-state index is 13.7. The van der Waals surface area contributed by atoms with Crippen molar-refractivity contribution in [3.63, 3.8) is 0 Å². The number of hydrogen-bond donors (Lipinski definition) is 6. The van der Waals surface area contributed by atoms with E-state index in [-0.39, 0.29) is 50.3 Å². The summed E-state index contributed by atoms with van der Waals surface area (Å²) in [5.41, 5.74) is 5.18. The van der Waals surface area contributed by atoms with Crippen LogP contribution in [-0.2, 0) is 42.4 Å². The third-order valence-corrected chi connectivity index (χ3v) is 11.8. The molecule has 286 valence electrons. The Hall–Kier alpha value is -5.38. The molecule has 5 heterocycles. The van der Waals surface area contributed by atoms with Crippen LogP contribution in [0.15, 0.2) is 38.9 Å². The number of pyridine rings is 1. The Bertz CT molecular complexity index is 2230. The first-order valence-corrected chi connectivity index (χ1v) is 18.5. The van der Waals surface area contributed by atoms with Gasteiger partial charge in [-0.25, -0.2) is 9.78 Å². The highest BCUT2D eigenvalue weighted by atomic mass is 35.5. The number of halogens is 1. The normalized spacial score (nSPS) is 20.0. The fraction of sp³-hybridized carbons (Fsp3) is 0.375. The standard InChI is InChI=1S/C32H32ClN7O12S2/c1-38-8-13(25(44)20-16(38)6-17(41)26(45)21(20)33)9-40(4-2-3-5-40)10-14-11-53-29-23(28(47)39(29)24(14)31(50)51)36-27(46)22(15-12-54-32(34)35-15)37-52-18(30(48)49)7-19(42)43/h6,8,12,18,23,29H,2-5,7,9-11H2,1H3,(H7-,34,35,36,37,41,42,43,44,45,46,48,49,50,51)/t18-,23+,29+/m0/s1. The van der Waals surface area contributed by atoms with E-state index in [0.29, 0.717) is 29.7 Å². The zero-order valence-corrected chi connectivity index (χ0v) is 30.6. The van der Waals surface area contributed by atoms with Crippen molar-refractivity contribution in [2.75, 3.05) is 31.1 Å². The van der Waals surface area contributed by atoms with Crippen LogP contribution >= 0.6 is 34.7 Å². The molecule has 0 spiro atoms. The number of nitrogens with zero attached hydrogens (tertiary/aromatic N) is 5. The Labute approximate surface area is 317 Å². The van der Waals surface area contributed by atoms with Crippen LogP contribution in [0, 0.1) is 0 Å². The molecule has 0 aliphatic carbocycles. The molecule has 3 aromatic rings. The van der Waals surface area contributed by atoms with Gasteiger partial charge >= 0.3 is 11.9 Å². The number of anilines is 1. The number of oxime groups is 1. The van der Waals surface area contributed by atoms with E-state index in [0.717, 1.165) is 29.1 Å². The number of thioether (sulfide) groups is 1. The van der Waals surface area contributed by atoms with Crippen LogP contribution in [0.25, 0.3) is 10.9 Å². The van der Waals surface area contributed by atoms with Gasteiger partial charge in [-0.05, 0) is 0 Å². The Balaban J connectivity index is 1.25. The zero-order chi connectivity index (χ0) is 39.2. The second-order valence-electron chi connectivity index (χ2n) is 13.0. The summed E-state index contributed by atoms with van der Waals surface area (Å²) in [6.45, 7) is 1.49. The van der Waals surface area contributed by atoms with Gasteiger partial charge < -0.3 is 55.3 Å². The average molecular weight is 806 g/mol. The van der Waals surface area contributed by atoms with E-state index in [9.17, 15) is 49.2 Å². The number of quaternary nitrogens is 1. The number of phenols is 2. The zero-order valence-electron chi connectivity index (χ0n) is 28.2. The van der Waals surface area contributed by atoms with Crippen molar-refractivity contribution in [1.29, 1.82) is 0 Å². The number of aliphatic carboxylic acids is 3. The summed E-state index contributed by atoms with van der Waals surface area (Å²) >= 11 is 8.41. The number of thiazole rings is 1. The van der Waals surface area contributed by atoms with E-state index in [1.807, 2.05) is 0 Å². The van der Waals surface area contributed by atoms with E-state index in [1.165, 1.54) is 23.2 Å². The van der Waals surface area contributed by atoms with Gasteiger partial charge in [-0.15, -0.1) is 23.1 Å². The quantitative estimate of drug-likeness (QED) is 0.0418. The summed E-state index contributed by atoms with van der Waals surface area (Å²) in [4.78, 5) is 85.9. The van der Waals surface area contributed by atoms with E-state index in [1.54, 1.807) is 17.8 Å². The molecular weight excluding hydrogens is 774 g/mol. The van der Waals surface area contributed by atoms with E-state index < -0.39 is 76.3 Å². The van der Waals surface area contributed by atoms with Crippen molar-refractivity contribution in [3.05, 3.63) is 55.4 Å². The maximum atomic E-state index is 13.7. The summed E-state index contributed by atoms with van der Waals surface area (Å²) in [6, 6.07) is -0.0213. The molecule has 2 fully saturated rings. The van der Waals surface area contributed by atoms with E-state index in [2.05, 4.69) is 15.5 Å². The minimum atomic E-state index is -1.96. The van der Waals surface area contributed by atoms with Crippen LogP contribution in [0.4, 0.5) is 5.13 Å². The van der Waals surface area contributed by atoms with Crippen molar-refractivity contribution in [2.45, 2.75) is 43.3 Å². The molecule has 3 aliphatic heterocycles. The number of likely N-dealkylation sites (tertiary alicyclic amines) is 1. The van der Waals surface area contributed by atoms with Gasteiger partial charge in [0.05, 0.1) is 52.7 Å². The summed E-state index contributed by atoms with van der Waals surface area (Å²) in [6.07, 6.45) is 0.234. The lowest BCUT2D eigenvalue weighted by atomic mass is 10.0. The lowest BCUT2D eigenvalue weighted by molar-refractivity contribution is -0.925. The lowest BCUT2D eigenvalue weighted by Gasteiger charge is -2.51. The number of amides is 2. The molecule has 0 unspecified atom stereocenters. The Morgan fingerprint density at radius 2 is 1.91 bits per heavy atom. The second kappa shape index (κ2) is 14.8. The molecule has 2 amide bonds. The van der Waals surface area contributed by atoms with Crippen molar-refractivity contribution >= 4 is 86.2 Å². The number of aromatic hydroxyl groups is 2. The maximum Gasteiger partial charge on any atom is 0.348 e. The highest BCUT2D eigenvalue weighted by Gasteiger charge is 2.54. The molecule has 7 N–H and O–H groups in total. The largest absolute Gasteiger partial charge is 0.543 e. The Morgan fingerprint density at radius 1 is 1.20 bits per heavy atom. The molecule has 6 rings (SSSR count). The summed E-state index contributed by atoms with van der Waals surface area (Å²) in [7, 11) is 1.66. The predicted octanol–water partition coefficient (Wildman–Crippen LogP) is -0.495. The molecule has 0 radical (unpaired) electrons. The molecule has 3 aliphatic rings. The van der Waals surface area contributed by atoms with Crippen LogP contribution in [0.3, 0.4) is 0 Å². The number of phenolic OH excluding ortho intramolecular Hbond substituents is 2. The number of rotatable bonds is 13. The smallest absolute Gasteiger partial charge is 0.348 e. The Morgan fingerprint density at radius 3 is 2.52 bits per heavy atom. The molecule has 54 heavy (non-hydrogen) atoms.